The SMILES string of the molecule is CN=C(NCCCSc1nccs1)NCC1(N2CCOCC2)CCCCC1. The Hall–Kier alpha value is -0.830. The summed E-state index contributed by atoms with van der Waals surface area (Å²) in [4.78, 5) is 11.4. The zero-order valence-corrected chi connectivity index (χ0v) is 18.0. The highest BCUT2D eigenvalue weighted by Gasteiger charge is 2.38. The Bertz CT molecular complexity index is 554. The van der Waals surface area contributed by atoms with Gasteiger partial charge >= 0.3 is 0 Å². The minimum Gasteiger partial charge on any atom is -0.379 e. The van der Waals surface area contributed by atoms with E-state index in [1.165, 1.54) is 32.1 Å². The van der Waals surface area contributed by atoms with Crippen molar-refractivity contribution in [3.63, 3.8) is 0 Å². The Balaban J connectivity index is 1.42. The van der Waals surface area contributed by atoms with Crippen LogP contribution in [0.15, 0.2) is 20.9 Å². The van der Waals surface area contributed by atoms with E-state index in [0.29, 0.717) is 0 Å². The van der Waals surface area contributed by atoms with Crippen molar-refractivity contribution in [3.05, 3.63) is 11.6 Å². The van der Waals surface area contributed by atoms with Crippen LogP contribution in [0.3, 0.4) is 0 Å². The van der Waals surface area contributed by atoms with Crippen molar-refractivity contribution < 1.29 is 4.74 Å². The molecule has 0 spiro atoms. The van der Waals surface area contributed by atoms with Crippen molar-refractivity contribution in [2.24, 2.45) is 4.99 Å². The summed E-state index contributed by atoms with van der Waals surface area (Å²) in [7, 11) is 1.86. The first-order valence-corrected chi connectivity index (χ1v) is 12.0. The molecule has 27 heavy (non-hydrogen) atoms. The third kappa shape index (κ3) is 6.34. The fraction of sp³-hybridized carbons (Fsp3) is 0.789. The van der Waals surface area contributed by atoms with Gasteiger partial charge in [0.15, 0.2) is 5.96 Å². The summed E-state index contributed by atoms with van der Waals surface area (Å²) in [6.45, 7) is 5.75. The van der Waals surface area contributed by atoms with Gasteiger partial charge in [0, 0.05) is 56.1 Å². The highest BCUT2D eigenvalue weighted by molar-refractivity contribution is 8.00. The van der Waals surface area contributed by atoms with Gasteiger partial charge in [0.25, 0.3) is 0 Å². The number of aliphatic imine (C=N–C) groups is 1. The number of aromatic nitrogens is 1. The number of guanidine groups is 1. The molecule has 1 aliphatic carbocycles. The van der Waals surface area contributed by atoms with E-state index in [1.54, 1.807) is 11.3 Å². The highest BCUT2D eigenvalue weighted by atomic mass is 32.2. The van der Waals surface area contributed by atoms with Crippen molar-refractivity contribution in [3.8, 4) is 0 Å². The largest absolute Gasteiger partial charge is 0.379 e. The normalized spacial score (nSPS) is 21.1. The number of morpholine rings is 1. The first-order chi connectivity index (χ1) is 13.3. The maximum Gasteiger partial charge on any atom is 0.191 e. The summed E-state index contributed by atoms with van der Waals surface area (Å²) in [5, 5.41) is 9.13. The second-order valence-corrected chi connectivity index (χ2v) is 9.47. The number of hydrogen-bond donors (Lipinski definition) is 2. The van der Waals surface area contributed by atoms with Crippen LogP contribution in [0.4, 0.5) is 0 Å². The van der Waals surface area contributed by atoms with Gasteiger partial charge in [-0.05, 0) is 19.3 Å². The molecule has 8 heteroatoms. The minimum atomic E-state index is 0.264. The smallest absolute Gasteiger partial charge is 0.191 e. The van der Waals surface area contributed by atoms with Crippen molar-refractivity contribution in [1.82, 2.24) is 20.5 Å². The fourth-order valence-electron chi connectivity index (χ4n) is 4.04. The number of hydrogen-bond acceptors (Lipinski definition) is 6. The maximum atomic E-state index is 5.58. The monoisotopic (exact) mass is 411 g/mol. The van der Waals surface area contributed by atoms with Crippen LogP contribution >= 0.6 is 23.1 Å². The van der Waals surface area contributed by atoms with Crippen LogP contribution in [-0.2, 0) is 4.74 Å². The number of nitrogens with one attached hydrogen (secondary N) is 2. The minimum absolute atomic E-state index is 0.264. The zero-order chi connectivity index (χ0) is 18.8. The summed E-state index contributed by atoms with van der Waals surface area (Å²) < 4.78 is 6.74. The molecule has 1 aliphatic heterocycles. The molecule has 0 amide bonds. The van der Waals surface area contributed by atoms with Gasteiger partial charge in [-0.3, -0.25) is 9.89 Å². The van der Waals surface area contributed by atoms with Gasteiger partial charge in [-0.2, -0.15) is 0 Å². The summed E-state index contributed by atoms with van der Waals surface area (Å²) >= 11 is 3.54. The van der Waals surface area contributed by atoms with E-state index >= 15 is 0 Å². The number of ether oxygens (including phenoxy) is 1. The summed E-state index contributed by atoms with van der Waals surface area (Å²) in [5.41, 5.74) is 0.264. The van der Waals surface area contributed by atoms with Crippen molar-refractivity contribution in [2.75, 3.05) is 52.2 Å². The Morgan fingerprint density at radius 1 is 1.30 bits per heavy atom. The van der Waals surface area contributed by atoms with Crippen LogP contribution in [-0.4, -0.2) is 73.6 Å². The van der Waals surface area contributed by atoms with Gasteiger partial charge in [-0.25, -0.2) is 4.98 Å². The molecule has 2 fully saturated rings. The van der Waals surface area contributed by atoms with Gasteiger partial charge in [0.05, 0.1) is 13.2 Å². The average molecular weight is 412 g/mol. The Morgan fingerprint density at radius 2 is 2.11 bits per heavy atom. The van der Waals surface area contributed by atoms with E-state index in [0.717, 1.165) is 61.9 Å². The lowest BCUT2D eigenvalue weighted by atomic mass is 9.80. The lowest BCUT2D eigenvalue weighted by Crippen LogP contribution is -2.60. The van der Waals surface area contributed by atoms with E-state index in [4.69, 9.17) is 4.74 Å². The summed E-state index contributed by atoms with van der Waals surface area (Å²) in [5.74, 6) is 2.00. The number of thioether (sulfide) groups is 1. The predicted octanol–water partition coefficient (Wildman–Crippen LogP) is 2.83. The number of rotatable bonds is 8. The molecule has 6 nitrogen and oxygen atoms in total. The van der Waals surface area contributed by atoms with E-state index in [-0.39, 0.29) is 5.54 Å². The molecule has 1 aromatic rings. The molecular formula is C19H33N5OS2. The van der Waals surface area contributed by atoms with E-state index in [1.807, 2.05) is 30.4 Å². The van der Waals surface area contributed by atoms with Crippen LogP contribution in [0, 0.1) is 0 Å². The molecule has 152 valence electrons. The Labute approximate surface area is 171 Å². The molecule has 2 heterocycles. The first kappa shape index (κ1) is 20.9. The molecule has 0 aromatic carbocycles. The van der Waals surface area contributed by atoms with Gasteiger partial charge in [-0.1, -0.05) is 31.0 Å². The second kappa shape index (κ2) is 11.2. The van der Waals surface area contributed by atoms with E-state index in [2.05, 4.69) is 25.5 Å². The molecule has 0 bridgehead atoms. The molecule has 2 N–H and O–H groups in total. The van der Waals surface area contributed by atoms with Gasteiger partial charge in [-0.15, -0.1) is 11.3 Å². The number of nitrogens with zero attached hydrogens (tertiary/aromatic N) is 3. The number of thiazole rings is 1. The Morgan fingerprint density at radius 3 is 2.81 bits per heavy atom. The summed E-state index contributed by atoms with van der Waals surface area (Å²) in [6.07, 6.45) is 9.56. The molecule has 3 rings (SSSR count). The molecule has 0 unspecified atom stereocenters. The topological polar surface area (TPSA) is 61.8 Å². The van der Waals surface area contributed by atoms with Crippen molar-refractivity contribution in [1.29, 1.82) is 0 Å². The van der Waals surface area contributed by atoms with Crippen LogP contribution in [0.25, 0.3) is 0 Å². The quantitative estimate of drug-likeness (QED) is 0.297. The molecular weight excluding hydrogens is 378 g/mol. The lowest BCUT2D eigenvalue weighted by Gasteiger charge is -2.48. The molecule has 1 saturated heterocycles. The molecule has 1 saturated carbocycles. The standard InChI is InChI=1S/C19H33N5OS2/c1-20-17(21-8-5-14-26-18-22-9-15-27-18)23-16-19(6-3-2-4-7-19)24-10-12-25-13-11-24/h9,15H,2-8,10-14,16H2,1H3,(H2,20,21,23). The maximum absolute atomic E-state index is 5.58. The van der Waals surface area contributed by atoms with Gasteiger partial charge in [0.2, 0.25) is 0 Å². The average Bonchev–Trinajstić information content (AvgIpc) is 3.25. The summed E-state index contributed by atoms with van der Waals surface area (Å²) in [6, 6.07) is 0. The molecule has 0 atom stereocenters. The fourth-order valence-corrected chi connectivity index (χ4v) is 5.69. The molecule has 0 radical (unpaired) electrons. The Kier molecular flexibility index (Phi) is 8.70. The third-order valence-corrected chi connectivity index (χ3v) is 7.58. The van der Waals surface area contributed by atoms with Crippen molar-refractivity contribution in [2.45, 2.75) is 48.4 Å². The zero-order valence-electron chi connectivity index (χ0n) is 16.4. The lowest BCUT2D eigenvalue weighted by molar-refractivity contribution is -0.0352. The molecule has 2 aliphatic rings. The van der Waals surface area contributed by atoms with E-state index < -0.39 is 0 Å². The molecule has 1 aromatic heterocycles. The third-order valence-electron chi connectivity index (χ3n) is 5.52. The van der Waals surface area contributed by atoms with Crippen molar-refractivity contribution >= 4 is 29.1 Å². The second-order valence-electron chi connectivity index (χ2n) is 7.24. The highest BCUT2D eigenvalue weighted by Crippen LogP contribution is 2.33. The van der Waals surface area contributed by atoms with Crippen LogP contribution < -0.4 is 10.6 Å². The van der Waals surface area contributed by atoms with Crippen LogP contribution in [0.5, 0.6) is 0 Å². The van der Waals surface area contributed by atoms with Gasteiger partial charge in [0.1, 0.15) is 4.34 Å². The first-order valence-electron chi connectivity index (χ1n) is 10.1. The van der Waals surface area contributed by atoms with Gasteiger partial charge < -0.3 is 15.4 Å². The van der Waals surface area contributed by atoms with E-state index in [9.17, 15) is 0 Å². The predicted molar refractivity (Wildman–Crippen MR) is 115 cm³/mol. The van der Waals surface area contributed by atoms with Crippen LogP contribution in [0.1, 0.15) is 38.5 Å². The van der Waals surface area contributed by atoms with Crippen LogP contribution in [0.2, 0.25) is 0 Å².